The lowest BCUT2D eigenvalue weighted by molar-refractivity contribution is 0.0669. The third-order valence-electron chi connectivity index (χ3n) is 3.43. The zero-order chi connectivity index (χ0) is 12.1. The number of hydrogen-bond donors (Lipinski definition) is 1. The first-order valence-electron chi connectivity index (χ1n) is 6.26. The van der Waals surface area contributed by atoms with Crippen LogP contribution in [0.25, 0.3) is 0 Å². The Balaban J connectivity index is 2.00. The molecule has 0 saturated heterocycles. The molecule has 2 unspecified atom stereocenters. The molecule has 0 amide bonds. The van der Waals surface area contributed by atoms with E-state index in [4.69, 9.17) is 4.74 Å². The van der Waals surface area contributed by atoms with Crippen LogP contribution in [0, 0.1) is 0 Å². The number of thioether (sulfide) groups is 1. The van der Waals surface area contributed by atoms with Gasteiger partial charge in [-0.25, -0.2) is 0 Å². The second-order valence-electron chi connectivity index (χ2n) is 4.57. The van der Waals surface area contributed by atoms with E-state index in [1.54, 1.807) is 11.8 Å². The van der Waals surface area contributed by atoms with E-state index < -0.39 is 0 Å². The molecule has 1 saturated carbocycles. The SMILES string of the molecule is COC1CCCC(Nc2ccccc2SC)C1. The largest absolute Gasteiger partial charge is 0.381 e. The Labute approximate surface area is 108 Å². The Bertz CT molecular complexity index is 356. The summed E-state index contributed by atoms with van der Waals surface area (Å²) >= 11 is 1.80. The van der Waals surface area contributed by atoms with Crippen LogP contribution in [0.2, 0.25) is 0 Å². The molecule has 0 radical (unpaired) electrons. The number of para-hydroxylation sites is 1. The van der Waals surface area contributed by atoms with Crippen LogP contribution in [0.15, 0.2) is 29.2 Å². The fraction of sp³-hybridized carbons (Fsp3) is 0.571. The Morgan fingerprint density at radius 3 is 2.88 bits per heavy atom. The van der Waals surface area contributed by atoms with Crippen molar-refractivity contribution in [2.75, 3.05) is 18.7 Å². The fourth-order valence-corrected chi connectivity index (χ4v) is 3.04. The van der Waals surface area contributed by atoms with Crippen LogP contribution >= 0.6 is 11.8 Å². The van der Waals surface area contributed by atoms with Crippen molar-refractivity contribution in [1.29, 1.82) is 0 Å². The first-order valence-corrected chi connectivity index (χ1v) is 7.48. The Morgan fingerprint density at radius 2 is 2.12 bits per heavy atom. The van der Waals surface area contributed by atoms with E-state index in [9.17, 15) is 0 Å². The van der Waals surface area contributed by atoms with Crippen LogP contribution in [0.4, 0.5) is 5.69 Å². The van der Waals surface area contributed by atoms with Gasteiger partial charge in [-0.15, -0.1) is 11.8 Å². The summed E-state index contributed by atoms with van der Waals surface area (Å²) in [5.74, 6) is 0. The van der Waals surface area contributed by atoms with Crippen molar-refractivity contribution in [1.82, 2.24) is 0 Å². The third kappa shape index (κ3) is 3.39. The van der Waals surface area contributed by atoms with Crippen LogP contribution < -0.4 is 5.32 Å². The van der Waals surface area contributed by atoms with Crippen molar-refractivity contribution in [2.24, 2.45) is 0 Å². The molecule has 0 aliphatic heterocycles. The average molecular weight is 251 g/mol. The van der Waals surface area contributed by atoms with Crippen molar-refractivity contribution >= 4 is 17.4 Å². The summed E-state index contributed by atoms with van der Waals surface area (Å²) < 4.78 is 5.47. The standard InChI is InChI=1S/C14H21NOS/c1-16-12-7-5-6-11(10-12)15-13-8-3-4-9-14(13)17-2/h3-4,8-9,11-12,15H,5-7,10H2,1-2H3. The topological polar surface area (TPSA) is 21.3 Å². The Morgan fingerprint density at radius 1 is 1.29 bits per heavy atom. The molecule has 0 spiro atoms. The maximum Gasteiger partial charge on any atom is 0.0590 e. The lowest BCUT2D eigenvalue weighted by Gasteiger charge is -2.30. The van der Waals surface area contributed by atoms with Crippen molar-refractivity contribution in [3.63, 3.8) is 0 Å². The van der Waals surface area contributed by atoms with Gasteiger partial charge in [-0.1, -0.05) is 12.1 Å². The molecule has 2 atom stereocenters. The smallest absolute Gasteiger partial charge is 0.0590 e. The summed E-state index contributed by atoms with van der Waals surface area (Å²) in [4.78, 5) is 1.33. The molecule has 1 N–H and O–H groups in total. The van der Waals surface area contributed by atoms with Gasteiger partial charge in [0.25, 0.3) is 0 Å². The summed E-state index contributed by atoms with van der Waals surface area (Å²) in [6.45, 7) is 0. The maximum atomic E-state index is 5.47. The van der Waals surface area contributed by atoms with E-state index in [1.807, 2.05) is 7.11 Å². The van der Waals surface area contributed by atoms with Crippen molar-refractivity contribution in [3.8, 4) is 0 Å². The maximum absolute atomic E-state index is 5.47. The monoisotopic (exact) mass is 251 g/mol. The summed E-state index contributed by atoms with van der Waals surface area (Å²) in [6.07, 6.45) is 7.40. The molecule has 94 valence electrons. The molecular formula is C14H21NOS. The molecule has 17 heavy (non-hydrogen) atoms. The number of anilines is 1. The van der Waals surface area contributed by atoms with Gasteiger partial charge < -0.3 is 10.1 Å². The van der Waals surface area contributed by atoms with E-state index in [2.05, 4.69) is 35.8 Å². The molecule has 1 aromatic carbocycles. The fourth-order valence-electron chi connectivity index (χ4n) is 2.47. The minimum Gasteiger partial charge on any atom is -0.381 e. The first-order chi connectivity index (χ1) is 8.33. The Kier molecular flexibility index (Phi) is 4.75. The Hall–Kier alpha value is -0.670. The normalized spacial score (nSPS) is 24.6. The van der Waals surface area contributed by atoms with E-state index >= 15 is 0 Å². The summed E-state index contributed by atoms with van der Waals surface area (Å²) in [5, 5.41) is 3.66. The highest BCUT2D eigenvalue weighted by Crippen LogP contribution is 2.29. The van der Waals surface area contributed by atoms with E-state index in [1.165, 1.54) is 29.8 Å². The van der Waals surface area contributed by atoms with Crippen LogP contribution in [-0.2, 0) is 4.74 Å². The molecule has 0 aromatic heterocycles. The molecule has 2 rings (SSSR count). The molecule has 1 fully saturated rings. The van der Waals surface area contributed by atoms with Gasteiger partial charge in [0.2, 0.25) is 0 Å². The third-order valence-corrected chi connectivity index (χ3v) is 4.22. The zero-order valence-electron chi connectivity index (χ0n) is 10.6. The predicted octanol–water partition coefficient (Wildman–Crippen LogP) is 3.78. The summed E-state index contributed by atoms with van der Waals surface area (Å²) in [7, 11) is 1.82. The number of nitrogens with one attached hydrogen (secondary N) is 1. The van der Waals surface area contributed by atoms with Gasteiger partial charge in [-0.05, 0) is 44.1 Å². The van der Waals surface area contributed by atoms with Gasteiger partial charge in [0, 0.05) is 23.7 Å². The predicted molar refractivity (Wildman–Crippen MR) is 74.9 cm³/mol. The molecule has 1 aliphatic rings. The van der Waals surface area contributed by atoms with Gasteiger partial charge in [-0.2, -0.15) is 0 Å². The highest BCUT2D eigenvalue weighted by atomic mass is 32.2. The lowest BCUT2D eigenvalue weighted by Crippen LogP contribution is -2.31. The minimum absolute atomic E-state index is 0.433. The quantitative estimate of drug-likeness (QED) is 0.823. The number of rotatable bonds is 4. The molecule has 0 heterocycles. The summed E-state index contributed by atoms with van der Waals surface area (Å²) in [5.41, 5.74) is 1.27. The molecular weight excluding hydrogens is 230 g/mol. The molecule has 1 aromatic rings. The molecule has 3 heteroatoms. The van der Waals surface area contributed by atoms with Gasteiger partial charge in [0.15, 0.2) is 0 Å². The minimum atomic E-state index is 0.433. The van der Waals surface area contributed by atoms with E-state index in [0.29, 0.717) is 12.1 Å². The number of ether oxygens (including phenoxy) is 1. The molecule has 0 bridgehead atoms. The van der Waals surface area contributed by atoms with Crippen molar-refractivity contribution < 1.29 is 4.74 Å². The number of benzene rings is 1. The van der Waals surface area contributed by atoms with Crippen LogP contribution in [0.5, 0.6) is 0 Å². The molecule has 2 nitrogen and oxygen atoms in total. The second kappa shape index (κ2) is 6.31. The summed E-state index contributed by atoms with van der Waals surface area (Å²) in [6, 6.07) is 9.09. The van der Waals surface area contributed by atoms with E-state index in [-0.39, 0.29) is 0 Å². The van der Waals surface area contributed by atoms with E-state index in [0.717, 1.165) is 6.42 Å². The average Bonchev–Trinajstić information content (AvgIpc) is 2.39. The number of methoxy groups -OCH3 is 1. The molecule has 1 aliphatic carbocycles. The van der Waals surface area contributed by atoms with Gasteiger partial charge in [-0.3, -0.25) is 0 Å². The van der Waals surface area contributed by atoms with Gasteiger partial charge in [0.1, 0.15) is 0 Å². The lowest BCUT2D eigenvalue weighted by atomic mass is 9.92. The number of hydrogen-bond acceptors (Lipinski definition) is 3. The van der Waals surface area contributed by atoms with Gasteiger partial charge >= 0.3 is 0 Å². The second-order valence-corrected chi connectivity index (χ2v) is 5.41. The highest BCUT2D eigenvalue weighted by Gasteiger charge is 2.21. The van der Waals surface area contributed by atoms with Gasteiger partial charge in [0.05, 0.1) is 6.10 Å². The van der Waals surface area contributed by atoms with Crippen LogP contribution in [0.3, 0.4) is 0 Å². The van der Waals surface area contributed by atoms with Crippen LogP contribution in [-0.4, -0.2) is 25.5 Å². The highest BCUT2D eigenvalue weighted by molar-refractivity contribution is 7.98. The zero-order valence-corrected chi connectivity index (χ0v) is 11.4. The first kappa shape index (κ1) is 12.8. The van der Waals surface area contributed by atoms with Crippen molar-refractivity contribution in [2.45, 2.75) is 42.7 Å². The van der Waals surface area contributed by atoms with Crippen molar-refractivity contribution in [3.05, 3.63) is 24.3 Å². The van der Waals surface area contributed by atoms with Crippen LogP contribution in [0.1, 0.15) is 25.7 Å².